The van der Waals surface area contributed by atoms with Crippen LogP contribution in [0.4, 0.5) is 23.4 Å². The lowest BCUT2D eigenvalue weighted by Crippen LogP contribution is -2.25. The highest BCUT2D eigenvalue weighted by atomic mass is 32.2. The number of rotatable bonds is 8. The lowest BCUT2D eigenvalue weighted by molar-refractivity contribution is 0.103. The Bertz CT molecular complexity index is 1210. The Morgan fingerprint density at radius 2 is 1.62 bits per heavy atom. The van der Waals surface area contributed by atoms with Crippen LogP contribution in [0.3, 0.4) is 0 Å². The molecule has 0 saturated carbocycles. The van der Waals surface area contributed by atoms with Gasteiger partial charge < -0.3 is 14.7 Å². The van der Waals surface area contributed by atoms with Gasteiger partial charge in [0.15, 0.2) is 17.4 Å². The van der Waals surface area contributed by atoms with Gasteiger partial charge >= 0.3 is 0 Å². The van der Waals surface area contributed by atoms with Crippen molar-refractivity contribution >= 4 is 23.6 Å². The third kappa shape index (κ3) is 4.78. The van der Waals surface area contributed by atoms with Gasteiger partial charge in [-0.2, -0.15) is 0 Å². The zero-order chi connectivity index (χ0) is 23.4. The number of carbonyl (C=O) groups excluding carboxylic acids is 1. The maximum absolute atomic E-state index is 14.7. The first-order valence-electron chi connectivity index (χ1n) is 9.03. The van der Waals surface area contributed by atoms with E-state index in [1.54, 1.807) is 6.26 Å². The molecule has 0 aliphatic rings. The normalized spacial score (nSPS) is 10.9. The van der Waals surface area contributed by atoms with Crippen LogP contribution in [0.25, 0.3) is 5.69 Å². The molecule has 1 heterocycles. The Hall–Kier alpha value is -3.31. The molecule has 2 aromatic carbocycles. The summed E-state index contributed by atoms with van der Waals surface area (Å²) in [5.74, 6) is -6.19. The van der Waals surface area contributed by atoms with Crippen LogP contribution in [0.15, 0.2) is 47.3 Å². The first kappa shape index (κ1) is 23.4. The van der Waals surface area contributed by atoms with Gasteiger partial charge in [-0.15, -0.1) is 0 Å². The summed E-state index contributed by atoms with van der Waals surface area (Å²) in [7, 11) is 0. The highest BCUT2D eigenvalue weighted by Gasteiger charge is 2.23. The number of hydrogen-bond donors (Lipinski definition) is 1. The summed E-state index contributed by atoms with van der Waals surface area (Å²) in [5, 5.41) is 0. The Labute approximate surface area is 183 Å². The van der Waals surface area contributed by atoms with Gasteiger partial charge in [0, 0.05) is 30.5 Å². The van der Waals surface area contributed by atoms with E-state index in [1.807, 2.05) is 0 Å². The van der Waals surface area contributed by atoms with Crippen molar-refractivity contribution in [3.63, 3.8) is 0 Å². The van der Waals surface area contributed by atoms with Gasteiger partial charge in [-0.25, -0.2) is 17.6 Å². The molecule has 32 heavy (non-hydrogen) atoms. The van der Waals surface area contributed by atoms with E-state index in [1.165, 1.54) is 0 Å². The monoisotopic (exact) mass is 468 g/mol. The molecule has 168 valence electrons. The van der Waals surface area contributed by atoms with Crippen LogP contribution < -0.4 is 16.0 Å². The average Bonchev–Trinajstić information content (AvgIpc) is 2.72. The van der Waals surface area contributed by atoms with Crippen LogP contribution in [-0.2, 0) is 4.18 Å². The van der Waals surface area contributed by atoms with Gasteiger partial charge in [-0.1, -0.05) is 0 Å². The van der Waals surface area contributed by atoms with E-state index in [-0.39, 0.29) is 19.0 Å². The summed E-state index contributed by atoms with van der Waals surface area (Å²) < 4.78 is 67.3. The number of nitrogens with two attached hydrogens (primary N) is 1. The van der Waals surface area contributed by atoms with Crippen molar-refractivity contribution in [2.75, 3.05) is 25.2 Å². The van der Waals surface area contributed by atoms with E-state index in [0.717, 1.165) is 48.4 Å². The molecule has 0 spiro atoms. The summed E-state index contributed by atoms with van der Waals surface area (Å²) in [6.07, 6.45) is 1.69. The van der Waals surface area contributed by atoms with Crippen LogP contribution in [0.5, 0.6) is 5.75 Å². The van der Waals surface area contributed by atoms with Crippen molar-refractivity contribution in [1.29, 1.82) is 0 Å². The number of pyridine rings is 1. The number of hydrogen-bond acceptors (Lipinski definition) is 6. The van der Waals surface area contributed by atoms with Crippen LogP contribution >= 0.6 is 12.0 Å². The molecule has 0 aliphatic carbocycles. The molecule has 0 fully saturated rings. The van der Waals surface area contributed by atoms with Gasteiger partial charge in [-0.3, -0.25) is 14.2 Å². The zero-order valence-corrected chi connectivity index (χ0v) is 17.3. The summed E-state index contributed by atoms with van der Waals surface area (Å²) in [5.41, 5.74) is 3.19. The number of ketones is 1. The second-order valence-corrected chi connectivity index (χ2v) is 6.90. The fraction of sp³-hybridized carbons (Fsp3) is 0.143. The molecule has 0 amide bonds. The molecule has 2 N–H and O–H groups in total. The van der Waals surface area contributed by atoms with Crippen molar-refractivity contribution in [2.45, 2.75) is 0 Å². The zero-order valence-electron chi connectivity index (χ0n) is 16.5. The van der Waals surface area contributed by atoms with Crippen LogP contribution in [-0.4, -0.2) is 29.8 Å². The molecule has 1 aromatic heterocycles. The molecular formula is C21H16F4N2O4S. The minimum atomic E-state index is -1.18. The van der Waals surface area contributed by atoms with Crippen LogP contribution in [0.2, 0.25) is 0 Å². The lowest BCUT2D eigenvalue weighted by atomic mass is 10.0. The highest BCUT2D eigenvalue weighted by Crippen LogP contribution is 2.27. The van der Waals surface area contributed by atoms with Gasteiger partial charge in [0.25, 0.3) is 5.56 Å². The molecule has 0 unspecified atom stereocenters. The summed E-state index contributed by atoms with van der Waals surface area (Å²) in [6, 6.07) is 5.81. The number of nitrogen functional groups attached to an aromatic ring is 1. The molecule has 3 aromatic rings. The number of carbonyl (C=O) groups is 1. The van der Waals surface area contributed by atoms with Crippen molar-refractivity contribution in [3.05, 3.63) is 87.2 Å². The number of ether oxygens (including phenoxy) is 1. The molecule has 3 rings (SSSR count). The number of benzene rings is 2. The van der Waals surface area contributed by atoms with Crippen molar-refractivity contribution in [1.82, 2.24) is 4.57 Å². The first-order chi connectivity index (χ1) is 15.2. The number of nitrogens with zero attached hydrogens (tertiary/aromatic N) is 1. The minimum Gasteiger partial charge on any atom is -0.491 e. The van der Waals surface area contributed by atoms with E-state index in [9.17, 15) is 27.2 Å². The first-order valence-corrected chi connectivity index (χ1v) is 10.2. The van der Waals surface area contributed by atoms with Gasteiger partial charge in [0.05, 0.1) is 17.7 Å². The van der Waals surface area contributed by atoms with Gasteiger partial charge in [0.1, 0.15) is 35.5 Å². The summed E-state index contributed by atoms with van der Waals surface area (Å²) >= 11 is 1.10. The van der Waals surface area contributed by atoms with Crippen LogP contribution in [0, 0.1) is 23.3 Å². The summed E-state index contributed by atoms with van der Waals surface area (Å²) in [6.45, 7) is 0.192. The molecular weight excluding hydrogens is 452 g/mol. The Balaban J connectivity index is 2.04. The van der Waals surface area contributed by atoms with E-state index in [0.29, 0.717) is 10.6 Å². The van der Waals surface area contributed by atoms with Crippen molar-refractivity contribution < 1.29 is 31.3 Å². The van der Waals surface area contributed by atoms with Crippen molar-refractivity contribution in [3.8, 4) is 11.4 Å². The molecule has 11 heteroatoms. The standard InChI is InChI=1S/C21H16F4N2O4S/c1-32-31-7-6-30-12-9-16(24)19(17(25)10-12)27-18(28)5-4-14(21(27)26)20(29)13-3-2-11(22)8-15(13)23/h2-5,8-10H,6-7,26H2,1H3. The molecule has 0 radical (unpaired) electrons. The topological polar surface area (TPSA) is 83.5 Å². The quantitative estimate of drug-likeness (QED) is 0.234. The maximum atomic E-state index is 14.7. The van der Waals surface area contributed by atoms with Gasteiger partial charge in [0.2, 0.25) is 0 Å². The van der Waals surface area contributed by atoms with E-state index < -0.39 is 57.2 Å². The molecule has 0 saturated heterocycles. The van der Waals surface area contributed by atoms with Gasteiger partial charge in [-0.05, 0) is 30.2 Å². The second kappa shape index (κ2) is 9.88. The minimum absolute atomic E-state index is 0.0222. The fourth-order valence-electron chi connectivity index (χ4n) is 2.91. The number of aromatic nitrogens is 1. The smallest absolute Gasteiger partial charge is 0.256 e. The third-order valence-corrected chi connectivity index (χ3v) is 4.72. The number of anilines is 1. The second-order valence-electron chi connectivity index (χ2n) is 6.33. The van der Waals surface area contributed by atoms with E-state index in [2.05, 4.69) is 0 Å². The average molecular weight is 468 g/mol. The largest absolute Gasteiger partial charge is 0.491 e. The Kier molecular flexibility index (Phi) is 7.21. The predicted octanol–water partition coefficient (Wildman–Crippen LogP) is 3.88. The maximum Gasteiger partial charge on any atom is 0.256 e. The van der Waals surface area contributed by atoms with E-state index >= 15 is 0 Å². The molecule has 6 nitrogen and oxygen atoms in total. The van der Waals surface area contributed by atoms with Crippen molar-refractivity contribution in [2.24, 2.45) is 0 Å². The number of halogens is 4. The SMILES string of the molecule is CSOCCOc1cc(F)c(-n2c(N)c(C(=O)c3ccc(F)cc3F)ccc2=O)c(F)c1. The van der Waals surface area contributed by atoms with Crippen LogP contribution in [0.1, 0.15) is 15.9 Å². The molecule has 0 aliphatic heterocycles. The molecule has 0 bridgehead atoms. The predicted molar refractivity (Wildman–Crippen MR) is 111 cm³/mol. The highest BCUT2D eigenvalue weighted by molar-refractivity contribution is 7.93. The Morgan fingerprint density at radius 3 is 2.25 bits per heavy atom. The molecule has 0 atom stereocenters. The van der Waals surface area contributed by atoms with E-state index in [4.69, 9.17) is 14.7 Å². The third-order valence-electron chi connectivity index (χ3n) is 4.32. The summed E-state index contributed by atoms with van der Waals surface area (Å²) in [4.78, 5) is 25.1. The fourth-order valence-corrected chi connectivity index (χ4v) is 3.15. The Morgan fingerprint density at radius 1 is 0.969 bits per heavy atom. The lowest BCUT2D eigenvalue weighted by Gasteiger charge is -2.15.